The van der Waals surface area contributed by atoms with Gasteiger partial charge in [-0.3, -0.25) is 9.59 Å². The number of hydrogen-bond acceptors (Lipinski definition) is 4. The Morgan fingerprint density at radius 3 is 1.82 bits per heavy atom. The number of carbonyl (C=O) groups excluding carboxylic acids is 2. The summed E-state index contributed by atoms with van der Waals surface area (Å²) in [5, 5.41) is 0. The van der Waals surface area contributed by atoms with E-state index in [4.69, 9.17) is 9.47 Å². The molecule has 186 valence electrons. The summed E-state index contributed by atoms with van der Waals surface area (Å²) in [6.45, 7) is 20.7. The molecule has 0 aliphatic rings. The van der Waals surface area contributed by atoms with E-state index in [2.05, 4.69) is 51.6 Å². The first-order valence-electron chi connectivity index (χ1n) is 11.9. The van der Waals surface area contributed by atoms with Gasteiger partial charge in [-0.05, 0) is 65.6 Å². The molecule has 0 fully saturated rings. The lowest BCUT2D eigenvalue weighted by Crippen LogP contribution is -2.24. The topological polar surface area (TPSA) is 52.6 Å². The summed E-state index contributed by atoms with van der Waals surface area (Å²) in [5.41, 5.74) is 7.09. The largest absolute Gasteiger partial charge is 0.468 e. The second kappa shape index (κ2) is 15.7. The van der Waals surface area contributed by atoms with Crippen LogP contribution in [0.4, 0.5) is 0 Å². The van der Waals surface area contributed by atoms with Gasteiger partial charge in [0.15, 0.2) is 5.92 Å². The van der Waals surface area contributed by atoms with E-state index in [1.54, 1.807) is 12.1 Å². The highest BCUT2D eigenvalue weighted by Crippen LogP contribution is 2.31. The summed E-state index contributed by atoms with van der Waals surface area (Å²) in [4.78, 5) is 24.1. The van der Waals surface area contributed by atoms with E-state index in [0.29, 0.717) is 11.5 Å². The van der Waals surface area contributed by atoms with Crippen LogP contribution in [0.1, 0.15) is 86.8 Å². The van der Waals surface area contributed by atoms with Crippen molar-refractivity contribution in [2.24, 2.45) is 0 Å². The highest BCUT2D eigenvalue weighted by Gasteiger charge is 2.30. The molecule has 0 aliphatic carbocycles. The summed E-state index contributed by atoms with van der Waals surface area (Å²) in [7, 11) is 2.50. The molecule has 0 saturated heterocycles. The molecule has 0 aliphatic heterocycles. The highest BCUT2D eigenvalue weighted by molar-refractivity contribution is 6.00. The van der Waals surface area contributed by atoms with Gasteiger partial charge in [-0.15, -0.1) is 0 Å². The average molecular weight is 467 g/mol. The second-order valence-electron chi connectivity index (χ2n) is 7.42. The minimum absolute atomic E-state index is 0.311. The standard InChI is InChI=1S/C26H30O4.2C2H6/c1-8-9-16(2)22-15-23(18(4)14-17(22)3)19(5)20-10-12-21(13-11-20)24(25(27)29-6)26(28)30-7;2*1-2/h8-16,24H,5H2,1-4,6-7H3;2*1-2H3/b9-8-;;. The number of aryl methyl sites for hydroxylation is 2. The summed E-state index contributed by atoms with van der Waals surface area (Å²) < 4.78 is 9.51. The van der Waals surface area contributed by atoms with Gasteiger partial charge in [0.2, 0.25) is 0 Å². The molecule has 2 rings (SSSR count). The molecule has 2 aromatic rings. The van der Waals surface area contributed by atoms with Crippen molar-refractivity contribution in [3.63, 3.8) is 0 Å². The van der Waals surface area contributed by atoms with Gasteiger partial charge in [-0.1, -0.05) is 89.7 Å². The fourth-order valence-electron chi connectivity index (χ4n) is 3.71. The average Bonchev–Trinajstić information content (AvgIpc) is 2.86. The van der Waals surface area contributed by atoms with E-state index in [-0.39, 0.29) is 0 Å². The number of methoxy groups -OCH3 is 2. The van der Waals surface area contributed by atoms with Gasteiger partial charge < -0.3 is 9.47 Å². The van der Waals surface area contributed by atoms with Crippen molar-refractivity contribution in [3.05, 3.63) is 88.5 Å². The van der Waals surface area contributed by atoms with Crippen molar-refractivity contribution in [3.8, 4) is 0 Å². The zero-order valence-corrected chi connectivity index (χ0v) is 22.6. The molecular formula is C30H42O4. The van der Waals surface area contributed by atoms with E-state index < -0.39 is 17.9 Å². The number of esters is 2. The Morgan fingerprint density at radius 2 is 1.38 bits per heavy atom. The smallest absolute Gasteiger partial charge is 0.324 e. The third kappa shape index (κ3) is 7.72. The molecule has 4 heteroatoms. The van der Waals surface area contributed by atoms with E-state index in [1.807, 2.05) is 46.8 Å². The molecule has 0 saturated carbocycles. The van der Waals surface area contributed by atoms with Crippen LogP contribution in [0, 0.1) is 13.8 Å². The maximum Gasteiger partial charge on any atom is 0.324 e. The summed E-state index contributed by atoms with van der Waals surface area (Å²) in [6, 6.07) is 11.6. The Bertz CT molecular complexity index is 952. The summed E-state index contributed by atoms with van der Waals surface area (Å²) >= 11 is 0. The van der Waals surface area contributed by atoms with Crippen LogP contribution in [0.2, 0.25) is 0 Å². The van der Waals surface area contributed by atoms with Crippen LogP contribution < -0.4 is 0 Å². The van der Waals surface area contributed by atoms with E-state index in [1.165, 1.54) is 25.3 Å². The van der Waals surface area contributed by atoms with Gasteiger partial charge in [-0.2, -0.15) is 0 Å². The maximum atomic E-state index is 12.0. The van der Waals surface area contributed by atoms with Crippen LogP contribution >= 0.6 is 0 Å². The quantitative estimate of drug-likeness (QED) is 0.240. The molecule has 2 aromatic carbocycles. The van der Waals surface area contributed by atoms with Crippen molar-refractivity contribution in [2.75, 3.05) is 14.2 Å². The molecule has 0 N–H and O–H groups in total. The fraction of sp³-hybridized carbons (Fsp3) is 0.400. The van der Waals surface area contributed by atoms with Crippen molar-refractivity contribution >= 4 is 17.5 Å². The first kappa shape index (κ1) is 30.9. The maximum absolute atomic E-state index is 12.0. The van der Waals surface area contributed by atoms with Crippen LogP contribution in [0.5, 0.6) is 0 Å². The number of benzene rings is 2. The molecule has 1 atom stereocenters. The highest BCUT2D eigenvalue weighted by atomic mass is 16.5. The molecule has 34 heavy (non-hydrogen) atoms. The number of hydrogen-bond donors (Lipinski definition) is 0. The predicted octanol–water partition coefficient (Wildman–Crippen LogP) is 7.53. The second-order valence-corrected chi connectivity index (χ2v) is 7.42. The van der Waals surface area contributed by atoms with E-state index in [0.717, 1.165) is 22.3 Å². The first-order valence-corrected chi connectivity index (χ1v) is 11.9. The molecule has 1 unspecified atom stereocenters. The minimum Gasteiger partial charge on any atom is -0.468 e. The van der Waals surface area contributed by atoms with Gasteiger partial charge in [-0.25, -0.2) is 0 Å². The van der Waals surface area contributed by atoms with Gasteiger partial charge in [0.05, 0.1) is 14.2 Å². The lowest BCUT2D eigenvalue weighted by Gasteiger charge is -2.18. The molecule has 0 radical (unpaired) electrons. The number of carbonyl (C=O) groups is 2. The molecular weight excluding hydrogens is 424 g/mol. The minimum atomic E-state index is -1.10. The SMILES string of the molecule is C=C(c1ccc(C(C(=O)OC)C(=O)OC)cc1)c1cc(C(C)/C=C\C)c(C)cc1C.CC.CC. The first-order chi connectivity index (χ1) is 16.2. The van der Waals surface area contributed by atoms with Gasteiger partial charge in [0.25, 0.3) is 0 Å². The van der Waals surface area contributed by atoms with Crippen molar-refractivity contribution in [1.29, 1.82) is 0 Å². The van der Waals surface area contributed by atoms with Gasteiger partial charge >= 0.3 is 11.9 Å². The lowest BCUT2D eigenvalue weighted by atomic mass is 9.87. The van der Waals surface area contributed by atoms with E-state index in [9.17, 15) is 9.59 Å². The van der Waals surface area contributed by atoms with Crippen molar-refractivity contribution in [1.82, 2.24) is 0 Å². The molecule has 0 heterocycles. The van der Waals surface area contributed by atoms with Crippen LogP contribution in [-0.4, -0.2) is 26.2 Å². The predicted molar refractivity (Wildman–Crippen MR) is 143 cm³/mol. The Balaban J connectivity index is 0.00000258. The number of rotatable bonds is 7. The van der Waals surface area contributed by atoms with Gasteiger partial charge in [0.1, 0.15) is 0 Å². The third-order valence-electron chi connectivity index (χ3n) is 5.38. The molecule has 0 amide bonds. The Morgan fingerprint density at radius 1 is 0.882 bits per heavy atom. The molecule has 4 nitrogen and oxygen atoms in total. The molecule has 0 bridgehead atoms. The van der Waals surface area contributed by atoms with Crippen LogP contribution in [0.15, 0.2) is 55.1 Å². The normalized spacial score (nSPS) is 11.0. The zero-order valence-electron chi connectivity index (χ0n) is 22.6. The van der Waals surface area contributed by atoms with E-state index >= 15 is 0 Å². The van der Waals surface area contributed by atoms with Crippen molar-refractivity contribution in [2.45, 2.75) is 67.2 Å². The van der Waals surface area contributed by atoms with Crippen LogP contribution in [0.3, 0.4) is 0 Å². The van der Waals surface area contributed by atoms with Crippen LogP contribution in [0.25, 0.3) is 5.57 Å². The van der Waals surface area contributed by atoms with Gasteiger partial charge in [0, 0.05) is 0 Å². The molecule has 0 aromatic heterocycles. The zero-order chi connectivity index (χ0) is 26.4. The fourth-order valence-corrected chi connectivity index (χ4v) is 3.71. The summed E-state index contributed by atoms with van der Waals surface area (Å²) in [6.07, 6.45) is 4.25. The number of ether oxygens (including phenoxy) is 2. The van der Waals surface area contributed by atoms with Crippen molar-refractivity contribution < 1.29 is 19.1 Å². The Kier molecular flexibility index (Phi) is 14.2. The summed E-state index contributed by atoms with van der Waals surface area (Å²) in [5.74, 6) is -2.09. The molecule has 0 spiro atoms. The Labute approximate surface area is 206 Å². The number of allylic oxidation sites excluding steroid dienone is 2. The van der Waals surface area contributed by atoms with Crippen LogP contribution in [-0.2, 0) is 19.1 Å². The third-order valence-corrected chi connectivity index (χ3v) is 5.38. The monoisotopic (exact) mass is 466 g/mol. The lowest BCUT2D eigenvalue weighted by molar-refractivity contribution is -0.154. The Hall–Kier alpha value is -3.14.